The van der Waals surface area contributed by atoms with Crippen molar-refractivity contribution in [1.82, 2.24) is 14.6 Å². The van der Waals surface area contributed by atoms with Crippen molar-refractivity contribution in [3.63, 3.8) is 0 Å². The molecule has 0 radical (unpaired) electrons. The summed E-state index contributed by atoms with van der Waals surface area (Å²) >= 11 is 0. The molecule has 2 aromatic rings. The maximum Gasteiger partial charge on any atom is 0.243 e. The first-order valence-electron chi connectivity index (χ1n) is 7.08. The highest BCUT2D eigenvalue weighted by Gasteiger charge is 2.29. The van der Waals surface area contributed by atoms with E-state index < -0.39 is 10.0 Å². The molecule has 2 heterocycles. The summed E-state index contributed by atoms with van der Waals surface area (Å²) in [5.41, 5.74) is 1.74. The number of nitrogens with zero attached hydrogens (tertiary/aromatic N) is 2. The van der Waals surface area contributed by atoms with Gasteiger partial charge in [0.05, 0.1) is 10.4 Å². The van der Waals surface area contributed by atoms with Gasteiger partial charge in [0.1, 0.15) is 0 Å². The monoisotopic (exact) mass is 305 g/mol. The minimum Gasteiger partial charge on any atom is -0.312 e. The zero-order valence-corrected chi connectivity index (χ0v) is 13.0. The summed E-state index contributed by atoms with van der Waals surface area (Å²) in [6, 6.07) is 7.30. The standard InChI is InChI=1S/C15H19N3O2S/c1-11-5-6-14(13-4-3-7-17-15(11)13)21(19,20)18-9-8-16-12(2)10-18/h3-7,12,16H,8-10H2,1-2H3/t12-/m0/s1. The summed E-state index contributed by atoms with van der Waals surface area (Å²) in [6.45, 7) is 5.62. The molecule has 0 amide bonds. The maximum absolute atomic E-state index is 12.9. The van der Waals surface area contributed by atoms with Crippen LogP contribution >= 0.6 is 0 Å². The highest BCUT2D eigenvalue weighted by atomic mass is 32.2. The van der Waals surface area contributed by atoms with Crippen LogP contribution in [0.15, 0.2) is 35.4 Å². The molecule has 1 aliphatic heterocycles. The summed E-state index contributed by atoms with van der Waals surface area (Å²) in [5.74, 6) is 0. The second-order valence-electron chi connectivity index (χ2n) is 5.50. The van der Waals surface area contributed by atoms with E-state index in [0.29, 0.717) is 29.9 Å². The van der Waals surface area contributed by atoms with Gasteiger partial charge in [-0.25, -0.2) is 8.42 Å². The van der Waals surface area contributed by atoms with Crippen molar-refractivity contribution in [2.75, 3.05) is 19.6 Å². The number of hydrogen-bond acceptors (Lipinski definition) is 4. The van der Waals surface area contributed by atoms with Crippen LogP contribution in [0.25, 0.3) is 10.9 Å². The quantitative estimate of drug-likeness (QED) is 0.914. The third-order valence-corrected chi connectivity index (χ3v) is 5.80. The molecule has 0 saturated carbocycles. The van der Waals surface area contributed by atoms with Crippen LogP contribution in [0.1, 0.15) is 12.5 Å². The molecule has 0 aliphatic carbocycles. The molecule has 1 saturated heterocycles. The molecule has 0 bridgehead atoms. The average Bonchev–Trinajstić information content (AvgIpc) is 2.47. The van der Waals surface area contributed by atoms with E-state index in [9.17, 15) is 8.42 Å². The number of pyridine rings is 1. The van der Waals surface area contributed by atoms with Gasteiger partial charge in [0.15, 0.2) is 0 Å². The fraction of sp³-hybridized carbons (Fsp3) is 0.400. The fourth-order valence-corrected chi connectivity index (χ4v) is 4.48. The van der Waals surface area contributed by atoms with Gasteiger partial charge in [-0.05, 0) is 37.6 Å². The average molecular weight is 305 g/mol. The lowest BCUT2D eigenvalue weighted by Gasteiger charge is -2.31. The Kier molecular flexibility index (Phi) is 3.69. The first-order valence-corrected chi connectivity index (χ1v) is 8.52. The molecule has 0 unspecified atom stereocenters. The summed E-state index contributed by atoms with van der Waals surface area (Å²) in [7, 11) is -3.48. The van der Waals surface area contributed by atoms with Crippen LogP contribution in [-0.2, 0) is 10.0 Å². The van der Waals surface area contributed by atoms with E-state index in [-0.39, 0.29) is 6.04 Å². The van der Waals surface area contributed by atoms with Crippen LogP contribution in [0, 0.1) is 6.92 Å². The Morgan fingerprint density at radius 1 is 1.33 bits per heavy atom. The van der Waals surface area contributed by atoms with Crippen molar-refractivity contribution < 1.29 is 8.42 Å². The highest BCUT2D eigenvalue weighted by Crippen LogP contribution is 2.27. The minimum absolute atomic E-state index is 0.170. The number of sulfonamides is 1. The van der Waals surface area contributed by atoms with Gasteiger partial charge in [-0.1, -0.05) is 6.07 Å². The molecule has 21 heavy (non-hydrogen) atoms. The highest BCUT2D eigenvalue weighted by molar-refractivity contribution is 7.89. The molecule has 1 aromatic heterocycles. The molecule has 1 N–H and O–H groups in total. The van der Waals surface area contributed by atoms with Crippen molar-refractivity contribution in [2.45, 2.75) is 24.8 Å². The second kappa shape index (κ2) is 5.36. The zero-order valence-electron chi connectivity index (χ0n) is 12.2. The van der Waals surface area contributed by atoms with Gasteiger partial charge >= 0.3 is 0 Å². The molecule has 1 atom stereocenters. The Morgan fingerprint density at radius 2 is 2.14 bits per heavy atom. The van der Waals surface area contributed by atoms with E-state index in [1.165, 1.54) is 0 Å². The molecule has 5 nitrogen and oxygen atoms in total. The number of benzene rings is 1. The van der Waals surface area contributed by atoms with Crippen molar-refractivity contribution in [2.24, 2.45) is 0 Å². The first kappa shape index (κ1) is 14.4. The number of nitrogens with one attached hydrogen (secondary N) is 1. The predicted molar refractivity (Wildman–Crippen MR) is 82.7 cm³/mol. The number of hydrogen-bond donors (Lipinski definition) is 1. The maximum atomic E-state index is 12.9. The van der Waals surface area contributed by atoms with Crippen molar-refractivity contribution in [3.8, 4) is 0 Å². The van der Waals surface area contributed by atoms with E-state index in [0.717, 1.165) is 11.1 Å². The Balaban J connectivity index is 2.13. The van der Waals surface area contributed by atoms with Crippen molar-refractivity contribution >= 4 is 20.9 Å². The van der Waals surface area contributed by atoms with Gasteiger partial charge in [0.25, 0.3) is 0 Å². The topological polar surface area (TPSA) is 62.3 Å². The largest absolute Gasteiger partial charge is 0.312 e. The number of piperazine rings is 1. The summed E-state index contributed by atoms with van der Waals surface area (Å²) in [6.07, 6.45) is 1.69. The number of aryl methyl sites for hydroxylation is 1. The van der Waals surface area contributed by atoms with Crippen molar-refractivity contribution in [3.05, 3.63) is 36.0 Å². The minimum atomic E-state index is -3.48. The number of aromatic nitrogens is 1. The van der Waals surface area contributed by atoms with Gasteiger partial charge < -0.3 is 5.32 Å². The Hall–Kier alpha value is -1.50. The van der Waals surface area contributed by atoms with Gasteiger partial charge in [-0.2, -0.15) is 4.31 Å². The van der Waals surface area contributed by atoms with E-state index in [2.05, 4.69) is 10.3 Å². The summed E-state index contributed by atoms with van der Waals surface area (Å²) in [4.78, 5) is 4.67. The molecule has 3 rings (SSSR count). The zero-order chi connectivity index (χ0) is 15.0. The lowest BCUT2D eigenvalue weighted by molar-refractivity contribution is 0.310. The Labute approximate surface area is 125 Å². The van der Waals surface area contributed by atoms with Crippen LogP contribution in [0.5, 0.6) is 0 Å². The molecule has 0 spiro atoms. The molecule has 112 valence electrons. The van der Waals surface area contributed by atoms with Gasteiger partial charge in [0, 0.05) is 37.3 Å². The molecular formula is C15H19N3O2S. The SMILES string of the molecule is Cc1ccc(S(=O)(=O)N2CCN[C@@H](C)C2)c2cccnc12. The van der Waals surface area contributed by atoms with Crippen LogP contribution in [0.4, 0.5) is 0 Å². The van der Waals surface area contributed by atoms with Crippen LogP contribution < -0.4 is 5.32 Å². The smallest absolute Gasteiger partial charge is 0.243 e. The second-order valence-corrected chi connectivity index (χ2v) is 7.40. The number of rotatable bonds is 2. The Bertz CT molecular complexity index is 774. The summed E-state index contributed by atoms with van der Waals surface area (Å²) < 4.78 is 27.4. The fourth-order valence-electron chi connectivity index (χ4n) is 2.77. The van der Waals surface area contributed by atoms with Gasteiger partial charge in [-0.15, -0.1) is 0 Å². The summed E-state index contributed by atoms with van der Waals surface area (Å²) in [5, 5.41) is 3.96. The predicted octanol–water partition coefficient (Wildman–Crippen LogP) is 1.53. The third-order valence-electron chi connectivity index (χ3n) is 3.88. The lowest BCUT2D eigenvalue weighted by Crippen LogP contribution is -2.51. The van der Waals surface area contributed by atoms with E-state index in [4.69, 9.17) is 0 Å². The Morgan fingerprint density at radius 3 is 2.90 bits per heavy atom. The lowest BCUT2D eigenvalue weighted by atomic mass is 10.1. The van der Waals surface area contributed by atoms with Crippen LogP contribution in [-0.4, -0.2) is 43.4 Å². The van der Waals surface area contributed by atoms with Gasteiger partial charge in [0.2, 0.25) is 10.0 Å². The first-order chi connectivity index (χ1) is 10.00. The van der Waals surface area contributed by atoms with E-state index >= 15 is 0 Å². The molecule has 1 aromatic carbocycles. The molecule has 6 heteroatoms. The normalized spacial score (nSPS) is 20.8. The van der Waals surface area contributed by atoms with E-state index in [1.807, 2.05) is 26.0 Å². The van der Waals surface area contributed by atoms with Crippen LogP contribution in [0.2, 0.25) is 0 Å². The molecular weight excluding hydrogens is 286 g/mol. The van der Waals surface area contributed by atoms with Crippen LogP contribution in [0.3, 0.4) is 0 Å². The van der Waals surface area contributed by atoms with Gasteiger partial charge in [-0.3, -0.25) is 4.98 Å². The molecule has 1 fully saturated rings. The number of fused-ring (bicyclic) bond motifs is 1. The third kappa shape index (κ3) is 2.54. The van der Waals surface area contributed by atoms with E-state index in [1.54, 1.807) is 22.6 Å². The van der Waals surface area contributed by atoms with Crippen molar-refractivity contribution in [1.29, 1.82) is 0 Å². The molecule has 1 aliphatic rings.